The van der Waals surface area contributed by atoms with Crippen LogP contribution in [0.2, 0.25) is 10.2 Å². The van der Waals surface area contributed by atoms with Gasteiger partial charge in [0.15, 0.2) is 0 Å². The van der Waals surface area contributed by atoms with Crippen molar-refractivity contribution in [3.8, 4) is 0 Å². The van der Waals surface area contributed by atoms with Crippen molar-refractivity contribution in [2.24, 2.45) is 0 Å². The fourth-order valence-corrected chi connectivity index (χ4v) is 2.81. The normalized spacial score (nSPS) is 10.3. The third-order valence-electron chi connectivity index (χ3n) is 3.80. The van der Waals surface area contributed by atoms with Crippen molar-refractivity contribution < 1.29 is 9.59 Å². The van der Waals surface area contributed by atoms with Gasteiger partial charge in [0, 0.05) is 11.3 Å². The molecule has 0 saturated carbocycles. The van der Waals surface area contributed by atoms with Crippen LogP contribution in [0.1, 0.15) is 26.4 Å². The number of pyridine rings is 1. The molecule has 7 heteroatoms. The first kappa shape index (κ1) is 18.9. The van der Waals surface area contributed by atoms with Crippen LogP contribution in [0, 0.1) is 6.92 Å². The smallest absolute Gasteiger partial charge is 0.257 e. The highest BCUT2D eigenvalue weighted by atomic mass is 35.5. The Kier molecular flexibility index (Phi) is 5.74. The molecule has 2 aromatic carbocycles. The van der Waals surface area contributed by atoms with E-state index in [2.05, 4.69) is 15.6 Å². The summed E-state index contributed by atoms with van der Waals surface area (Å²) in [5.74, 6) is -0.627. The van der Waals surface area contributed by atoms with E-state index >= 15 is 0 Å². The van der Waals surface area contributed by atoms with Crippen LogP contribution in [0.15, 0.2) is 60.7 Å². The van der Waals surface area contributed by atoms with Crippen molar-refractivity contribution >= 4 is 46.4 Å². The van der Waals surface area contributed by atoms with E-state index in [1.54, 1.807) is 61.5 Å². The van der Waals surface area contributed by atoms with Gasteiger partial charge >= 0.3 is 0 Å². The van der Waals surface area contributed by atoms with Crippen LogP contribution < -0.4 is 10.6 Å². The topological polar surface area (TPSA) is 71.1 Å². The number of hydrogen-bond acceptors (Lipinski definition) is 3. The minimum absolute atomic E-state index is 0.293. The maximum Gasteiger partial charge on any atom is 0.257 e. The standard InChI is InChI=1S/C20H15Cl2N3O2/c1-12-15(8-10-18(22)23-12)20(27)24-14-7-9-16(21)17(11-14)25-19(26)13-5-3-2-4-6-13/h2-11H,1H3,(H,24,27)(H,25,26). The number of anilines is 2. The second kappa shape index (κ2) is 8.20. The molecule has 5 nitrogen and oxygen atoms in total. The largest absolute Gasteiger partial charge is 0.322 e. The average Bonchev–Trinajstić information content (AvgIpc) is 2.65. The highest BCUT2D eigenvalue weighted by molar-refractivity contribution is 6.34. The van der Waals surface area contributed by atoms with E-state index in [9.17, 15) is 9.59 Å². The average molecular weight is 400 g/mol. The quantitative estimate of drug-likeness (QED) is 0.592. The first-order valence-corrected chi connectivity index (χ1v) is 8.80. The number of halogens is 2. The first-order valence-electron chi connectivity index (χ1n) is 8.04. The minimum Gasteiger partial charge on any atom is -0.322 e. The summed E-state index contributed by atoms with van der Waals surface area (Å²) >= 11 is 12.0. The van der Waals surface area contributed by atoms with Crippen LogP contribution in [0.25, 0.3) is 0 Å². The molecule has 0 unspecified atom stereocenters. The maximum absolute atomic E-state index is 12.5. The maximum atomic E-state index is 12.5. The molecule has 3 rings (SSSR count). The Labute approximate surface area is 166 Å². The molecule has 0 atom stereocenters. The van der Waals surface area contributed by atoms with E-state index in [1.807, 2.05) is 6.07 Å². The molecule has 1 aromatic heterocycles. The lowest BCUT2D eigenvalue weighted by Gasteiger charge is -2.11. The van der Waals surface area contributed by atoms with Gasteiger partial charge in [-0.1, -0.05) is 41.4 Å². The Balaban J connectivity index is 1.79. The van der Waals surface area contributed by atoms with Crippen LogP contribution in [-0.4, -0.2) is 16.8 Å². The van der Waals surface area contributed by atoms with Crippen molar-refractivity contribution in [2.45, 2.75) is 6.92 Å². The van der Waals surface area contributed by atoms with Gasteiger partial charge in [0.1, 0.15) is 5.15 Å². The zero-order chi connectivity index (χ0) is 19.4. The molecule has 2 amide bonds. The Bertz CT molecular complexity index is 1010. The van der Waals surface area contributed by atoms with Gasteiger partial charge in [-0.2, -0.15) is 0 Å². The van der Waals surface area contributed by atoms with Crippen LogP contribution in [0.4, 0.5) is 11.4 Å². The number of aromatic nitrogens is 1. The predicted molar refractivity (Wildman–Crippen MR) is 108 cm³/mol. The molecule has 136 valence electrons. The van der Waals surface area contributed by atoms with E-state index in [0.717, 1.165) is 0 Å². The van der Waals surface area contributed by atoms with Crippen LogP contribution in [-0.2, 0) is 0 Å². The number of carbonyl (C=O) groups is 2. The molecule has 0 bridgehead atoms. The highest BCUT2D eigenvalue weighted by Gasteiger charge is 2.13. The summed E-state index contributed by atoms with van der Waals surface area (Å²) in [6.07, 6.45) is 0. The number of hydrogen-bond donors (Lipinski definition) is 2. The number of nitrogens with zero attached hydrogens (tertiary/aromatic N) is 1. The third kappa shape index (κ3) is 4.64. The molecule has 0 saturated heterocycles. The van der Waals surface area contributed by atoms with E-state index in [1.165, 1.54) is 0 Å². The first-order chi connectivity index (χ1) is 12.9. The number of carbonyl (C=O) groups excluding carboxylic acids is 2. The molecule has 0 aliphatic heterocycles. The van der Waals surface area contributed by atoms with E-state index in [-0.39, 0.29) is 11.8 Å². The number of rotatable bonds is 4. The molecule has 0 aliphatic carbocycles. The molecular weight excluding hydrogens is 385 g/mol. The summed E-state index contributed by atoms with van der Waals surface area (Å²) in [7, 11) is 0. The SMILES string of the molecule is Cc1nc(Cl)ccc1C(=O)Nc1ccc(Cl)c(NC(=O)c2ccccc2)c1. The molecule has 0 aliphatic rings. The van der Waals surface area contributed by atoms with Crippen molar-refractivity contribution in [3.63, 3.8) is 0 Å². The van der Waals surface area contributed by atoms with E-state index in [0.29, 0.717) is 38.4 Å². The van der Waals surface area contributed by atoms with Crippen LogP contribution >= 0.6 is 23.2 Å². The molecular formula is C20H15Cl2N3O2. The van der Waals surface area contributed by atoms with Gasteiger partial charge in [-0.05, 0) is 49.4 Å². The van der Waals surface area contributed by atoms with Crippen molar-refractivity contribution in [2.75, 3.05) is 10.6 Å². The molecule has 0 spiro atoms. The fraction of sp³-hybridized carbons (Fsp3) is 0.0500. The molecule has 27 heavy (non-hydrogen) atoms. The van der Waals surface area contributed by atoms with Gasteiger partial charge < -0.3 is 10.6 Å². The Hall–Kier alpha value is -2.89. The molecule has 2 N–H and O–H groups in total. The Morgan fingerprint density at radius 2 is 1.63 bits per heavy atom. The van der Waals surface area contributed by atoms with E-state index < -0.39 is 0 Å². The molecule has 3 aromatic rings. The zero-order valence-electron chi connectivity index (χ0n) is 14.3. The van der Waals surface area contributed by atoms with Gasteiger partial charge in [-0.25, -0.2) is 4.98 Å². The summed E-state index contributed by atoms with van der Waals surface area (Å²) in [5, 5.41) is 6.20. The summed E-state index contributed by atoms with van der Waals surface area (Å²) in [6, 6.07) is 16.8. The Morgan fingerprint density at radius 1 is 0.889 bits per heavy atom. The number of amides is 2. The fourth-order valence-electron chi connectivity index (χ4n) is 2.45. The van der Waals surface area contributed by atoms with E-state index in [4.69, 9.17) is 23.2 Å². The van der Waals surface area contributed by atoms with Crippen molar-refractivity contribution in [1.82, 2.24) is 4.98 Å². The third-order valence-corrected chi connectivity index (χ3v) is 4.34. The van der Waals surface area contributed by atoms with Gasteiger partial charge in [-0.15, -0.1) is 0 Å². The molecule has 0 radical (unpaired) electrons. The van der Waals surface area contributed by atoms with Crippen LogP contribution in [0.5, 0.6) is 0 Å². The molecule has 1 heterocycles. The van der Waals surface area contributed by atoms with Gasteiger partial charge in [0.25, 0.3) is 11.8 Å². The summed E-state index contributed by atoms with van der Waals surface area (Å²) in [4.78, 5) is 28.9. The monoisotopic (exact) mass is 399 g/mol. The van der Waals surface area contributed by atoms with Crippen molar-refractivity contribution in [1.29, 1.82) is 0 Å². The highest BCUT2D eigenvalue weighted by Crippen LogP contribution is 2.26. The Morgan fingerprint density at radius 3 is 2.33 bits per heavy atom. The predicted octanol–water partition coefficient (Wildman–Crippen LogP) is 5.20. The lowest BCUT2D eigenvalue weighted by atomic mass is 10.2. The second-order valence-electron chi connectivity index (χ2n) is 5.74. The van der Waals surface area contributed by atoms with Gasteiger partial charge in [0.05, 0.1) is 22.0 Å². The summed E-state index contributed by atoms with van der Waals surface area (Å²) in [6.45, 7) is 1.70. The second-order valence-corrected chi connectivity index (χ2v) is 6.53. The number of nitrogens with one attached hydrogen (secondary N) is 2. The molecule has 0 fully saturated rings. The lowest BCUT2D eigenvalue weighted by molar-refractivity contribution is 0.101. The van der Waals surface area contributed by atoms with Crippen molar-refractivity contribution in [3.05, 3.63) is 87.7 Å². The summed E-state index contributed by atoms with van der Waals surface area (Å²) in [5.41, 5.74) is 2.32. The van der Waals surface area contributed by atoms with Crippen LogP contribution in [0.3, 0.4) is 0 Å². The number of benzene rings is 2. The minimum atomic E-state index is -0.334. The van der Waals surface area contributed by atoms with Gasteiger partial charge in [0.2, 0.25) is 0 Å². The summed E-state index contributed by atoms with van der Waals surface area (Å²) < 4.78 is 0. The number of aryl methyl sites for hydroxylation is 1. The lowest BCUT2D eigenvalue weighted by Crippen LogP contribution is -2.15. The van der Waals surface area contributed by atoms with Gasteiger partial charge in [-0.3, -0.25) is 9.59 Å². The zero-order valence-corrected chi connectivity index (χ0v) is 15.8.